The molecule has 0 aromatic heterocycles. The van der Waals surface area contributed by atoms with Crippen molar-refractivity contribution in [1.82, 2.24) is 0 Å². The van der Waals surface area contributed by atoms with E-state index < -0.39 is 0 Å². The Kier molecular flexibility index (Phi) is 2.47. The lowest BCUT2D eigenvalue weighted by molar-refractivity contribution is -0.152. The van der Waals surface area contributed by atoms with Gasteiger partial charge in [-0.15, -0.1) is 0 Å². The average molecular weight is 244 g/mol. The molecule has 3 fully saturated rings. The van der Waals surface area contributed by atoms with Gasteiger partial charge in [0, 0.05) is 11.3 Å². The molecule has 4 aliphatic rings. The molecule has 0 spiro atoms. The number of carbonyl (C=O) groups is 1. The normalized spacial score (nSPS) is 47.6. The third kappa shape index (κ3) is 1.31. The van der Waals surface area contributed by atoms with E-state index >= 15 is 0 Å². The van der Waals surface area contributed by atoms with Crippen LogP contribution in [0.2, 0.25) is 0 Å². The lowest BCUT2D eigenvalue weighted by Crippen LogP contribution is -2.54. The van der Waals surface area contributed by atoms with Crippen LogP contribution in [0.4, 0.5) is 0 Å². The third-order valence-electron chi connectivity index (χ3n) is 6.53. The van der Waals surface area contributed by atoms with Crippen molar-refractivity contribution in [2.24, 2.45) is 29.1 Å². The summed E-state index contributed by atoms with van der Waals surface area (Å²) >= 11 is 0. The van der Waals surface area contributed by atoms with Crippen molar-refractivity contribution in [3.63, 3.8) is 0 Å². The smallest absolute Gasteiger partial charge is 0.143 e. The van der Waals surface area contributed by atoms with Gasteiger partial charge in [-0.1, -0.05) is 37.8 Å². The number of allylic oxidation sites excluding steroid dienone is 2. The monoisotopic (exact) mass is 244 g/mol. The van der Waals surface area contributed by atoms with Gasteiger partial charge in [-0.3, -0.25) is 4.79 Å². The van der Waals surface area contributed by atoms with Crippen molar-refractivity contribution < 1.29 is 4.79 Å². The zero-order chi connectivity index (χ0) is 12.2. The van der Waals surface area contributed by atoms with Gasteiger partial charge < -0.3 is 0 Å². The van der Waals surface area contributed by atoms with Crippen LogP contribution in [0, 0.1) is 29.1 Å². The number of ketones is 1. The quantitative estimate of drug-likeness (QED) is 0.634. The third-order valence-corrected chi connectivity index (χ3v) is 6.53. The van der Waals surface area contributed by atoms with Crippen molar-refractivity contribution in [2.75, 3.05) is 0 Å². The zero-order valence-corrected chi connectivity index (χ0v) is 11.2. The van der Waals surface area contributed by atoms with E-state index in [1.807, 2.05) is 0 Å². The Bertz CT molecular complexity index is 390. The molecule has 0 aromatic carbocycles. The van der Waals surface area contributed by atoms with Crippen molar-refractivity contribution in [1.29, 1.82) is 0 Å². The van der Waals surface area contributed by atoms with E-state index in [4.69, 9.17) is 0 Å². The number of hydrogen-bond acceptors (Lipinski definition) is 1. The first-order chi connectivity index (χ1) is 8.82. The van der Waals surface area contributed by atoms with Gasteiger partial charge in [0.2, 0.25) is 0 Å². The minimum absolute atomic E-state index is 0.0901. The second-order valence-electron chi connectivity index (χ2n) is 7.13. The Morgan fingerprint density at radius 2 is 1.83 bits per heavy atom. The minimum Gasteiger partial charge on any atom is -0.299 e. The molecule has 0 heterocycles. The second kappa shape index (κ2) is 3.95. The first-order valence-corrected chi connectivity index (χ1v) is 8.05. The number of carbonyl (C=O) groups excluding carboxylic acids is 1. The highest BCUT2D eigenvalue weighted by Crippen LogP contribution is 2.61. The summed E-state index contributed by atoms with van der Waals surface area (Å²) in [5.41, 5.74) is 0.0901. The predicted octanol–water partition coefficient (Wildman–Crippen LogP) is 4.13. The maximum Gasteiger partial charge on any atom is 0.143 e. The SMILES string of the molecule is O=C1[C@@H]2CCC[C@]1(C1CCCCC1)[C@H]1C=C[C@@H]2C1. The Hall–Kier alpha value is -0.590. The summed E-state index contributed by atoms with van der Waals surface area (Å²) in [6.45, 7) is 0. The van der Waals surface area contributed by atoms with Gasteiger partial charge in [0.05, 0.1) is 0 Å². The molecule has 0 amide bonds. The maximum atomic E-state index is 13.0. The molecular weight excluding hydrogens is 220 g/mol. The molecule has 1 nitrogen and oxygen atoms in total. The number of rotatable bonds is 1. The molecule has 0 radical (unpaired) electrons. The van der Waals surface area contributed by atoms with E-state index in [9.17, 15) is 4.79 Å². The van der Waals surface area contributed by atoms with Crippen molar-refractivity contribution in [3.8, 4) is 0 Å². The summed E-state index contributed by atoms with van der Waals surface area (Å²) < 4.78 is 0. The van der Waals surface area contributed by atoms with Crippen LogP contribution in [0.5, 0.6) is 0 Å². The Morgan fingerprint density at radius 3 is 2.67 bits per heavy atom. The summed E-state index contributed by atoms with van der Waals surface area (Å²) in [7, 11) is 0. The predicted molar refractivity (Wildman–Crippen MR) is 72.1 cm³/mol. The molecule has 0 aromatic rings. The van der Waals surface area contributed by atoms with Crippen LogP contribution in [-0.4, -0.2) is 5.78 Å². The fourth-order valence-electron chi connectivity index (χ4n) is 5.72. The average Bonchev–Trinajstić information content (AvgIpc) is 2.87. The summed E-state index contributed by atoms with van der Waals surface area (Å²) in [5.74, 6) is 3.02. The number of Topliss-reactive ketones (excluding diaryl/α,β-unsaturated/α-hetero) is 1. The van der Waals surface area contributed by atoms with Crippen LogP contribution in [-0.2, 0) is 4.79 Å². The van der Waals surface area contributed by atoms with E-state index in [2.05, 4.69) is 12.2 Å². The summed E-state index contributed by atoms with van der Waals surface area (Å²) in [6, 6.07) is 0. The standard InChI is InChI=1S/C17H24O/c18-16-15-7-4-10-17(16,13-5-2-1-3-6-13)14-9-8-12(15)11-14/h8-9,12-15H,1-7,10-11H2/t12-,14+,15-,17+/m1/s1. The van der Waals surface area contributed by atoms with E-state index in [0.717, 1.165) is 5.92 Å². The summed E-state index contributed by atoms with van der Waals surface area (Å²) in [4.78, 5) is 13.0. The molecule has 4 aliphatic carbocycles. The number of hydrogen-bond donors (Lipinski definition) is 0. The molecule has 0 saturated heterocycles. The molecule has 0 N–H and O–H groups in total. The van der Waals surface area contributed by atoms with Gasteiger partial charge in [0.15, 0.2) is 0 Å². The van der Waals surface area contributed by atoms with E-state index in [1.165, 1.54) is 57.8 Å². The fraction of sp³-hybridized carbons (Fsp3) is 0.824. The molecule has 18 heavy (non-hydrogen) atoms. The Morgan fingerprint density at radius 1 is 1.00 bits per heavy atom. The molecule has 4 bridgehead atoms. The van der Waals surface area contributed by atoms with Crippen molar-refractivity contribution in [2.45, 2.75) is 57.8 Å². The van der Waals surface area contributed by atoms with Gasteiger partial charge in [-0.05, 0) is 49.9 Å². The lowest BCUT2D eigenvalue weighted by atomic mass is 9.49. The molecule has 0 aliphatic heterocycles. The maximum absolute atomic E-state index is 13.0. The van der Waals surface area contributed by atoms with Gasteiger partial charge >= 0.3 is 0 Å². The van der Waals surface area contributed by atoms with E-state index in [-0.39, 0.29) is 5.41 Å². The molecule has 4 rings (SSSR count). The summed E-state index contributed by atoms with van der Waals surface area (Å²) in [5, 5.41) is 0. The fourth-order valence-corrected chi connectivity index (χ4v) is 5.72. The molecule has 0 unspecified atom stereocenters. The Labute approximate surface area is 110 Å². The highest BCUT2D eigenvalue weighted by molar-refractivity contribution is 5.90. The van der Waals surface area contributed by atoms with Gasteiger partial charge in [0.1, 0.15) is 5.78 Å². The molecule has 98 valence electrons. The number of fused-ring (bicyclic) bond motifs is 6. The lowest BCUT2D eigenvalue weighted by Gasteiger charge is -2.53. The second-order valence-corrected chi connectivity index (χ2v) is 7.13. The topological polar surface area (TPSA) is 17.1 Å². The van der Waals surface area contributed by atoms with Gasteiger partial charge in [-0.25, -0.2) is 0 Å². The first kappa shape index (κ1) is 11.3. The molecule has 4 atom stereocenters. The van der Waals surface area contributed by atoms with Crippen molar-refractivity contribution >= 4 is 5.78 Å². The minimum atomic E-state index is 0.0901. The van der Waals surface area contributed by atoms with Gasteiger partial charge in [0.25, 0.3) is 0 Å². The zero-order valence-electron chi connectivity index (χ0n) is 11.2. The molecule has 1 heteroatoms. The molecule has 3 saturated carbocycles. The van der Waals surface area contributed by atoms with Crippen LogP contribution < -0.4 is 0 Å². The highest BCUT2D eigenvalue weighted by atomic mass is 16.1. The first-order valence-electron chi connectivity index (χ1n) is 8.05. The van der Waals surface area contributed by atoms with Crippen LogP contribution in [0.25, 0.3) is 0 Å². The van der Waals surface area contributed by atoms with Crippen LogP contribution in [0.15, 0.2) is 12.2 Å². The highest BCUT2D eigenvalue weighted by Gasteiger charge is 2.59. The van der Waals surface area contributed by atoms with Crippen molar-refractivity contribution in [3.05, 3.63) is 12.2 Å². The Balaban J connectivity index is 1.75. The largest absolute Gasteiger partial charge is 0.299 e. The van der Waals surface area contributed by atoms with E-state index in [0.29, 0.717) is 23.5 Å². The van der Waals surface area contributed by atoms with Crippen LogP contribution in [0.1, 0.15) is 57.8 Å². The summed E-state index contributed by atoms with van der Waals surface area (Å²) in [6.07, 6.45) is 16.6. The van der Waals surface area contributed by atoms with E-state index in [1.54, 1.807) is 0 Å². The molecular formula is C17H24O. The van der Waals surface area contributed by atoms with Crippen LogP contribution in [0.3, 0.4) is 0 Å². The van der Waals surface area contributed by atoms with Gasteiger partial charge in [-0.2, -0.15) is 0 Å². The van der Waals surface area contributed by atoms with Crippen LogP contribution >= 0.6 is 0 Å².